The lowest BCUT2D eigenvalue weighted by atomic mass is 9.97. The van der Waals surface area contributed by atoms with Crippen LogP contribution in [0.4, 0.5) is 0 Å². The normalized spacial score (nSPS) is 5.25. The van der Waals surface area contributed by atoms with Gasteiger partial charge in [0, 0.05) is 0 Å². The van der Waals surface area contributed by atoms with Crippen molar-refractivity contribution in [1.29, 1.82) is 5.26 Å². The molecule has 5 heteroatoms. The fourth-order valence-electron chi connectivity index (χ4n) is 0. The van der Waals surface area contributed by atoms with Gasteiger partial charge >= 0.3 is 7.12 Å². The average Bonchev–Trinajstić information content (AvgIpc) is 1.69. The van der Waals surface area contributed by atoms with Crippen LogP contribution in [-0.4, -0.2) is 23.5 Å². The minimum Gasteiger partial charge on any atom is -0.415 e. The van der Waals surface area contributed by atoms with Crippen molar-refractivity contribution in [2.45, 2.75) is 6.92 Å². The number of carbonyl (C=O) groups excluding carboxylic acids is 1. The van der Waals surface area contributed by atoms with Gasteiger partial charge < -0.3 is 14.8 Å². The van der Waals surface area contributed by atoms with Crippen LogP contribution in [0, 0.1) is 11.2 Å². The summed E-state index contributed by atoms with van der Waals surface area (Å²) in [5, 5.41) is 22.5. The van der Waals surface area contributed by atoms with Gasteiger partial charge in [-0.15, -0.1) is 0 Å². The first-order chi connectivity index (χ1) is 3.68. The molecule has 0 aliphatic heterocycles. The molecule has 0 saturated carbocycles. The van der Waals surface area contributed by atoms with Crippen molar-refractivity contribution in [3.63, 3.8) is 0 Å². The van der Waals surface area contributed by atoms with Crippen LogP contribution < -0.4 is 0 Å². The first kappa shape index (κ1) is 10.2. The average molecular weight is 115 g/mol. The second-order valence-electron chi connectivity index (χ2n) is 0.738. The molecule has 0 aromatic carbocycles. The molecule has 44 valence electrons. The Bertz CT molecular complexity index is 87.0. The van der Waals surface area contributed by atoms with E-state index in [9.17, 15) is 0 Å². The summed E-state index contributed by atoms with van der Waals surface area (Å²) in [6.07, 6.45) is 0.750. The minimum atomic E-state index is -1.81. The van der Waals surface area contributed by atoms with Crippen LogP contribution in [0.2, 0.25) is 0 Å². The highest BCUT2D eigenvalue weighted by Gasteiger charge is 1.98. The van der Waals surface area contributed by atoms with Gasteiger partial charge in [-0.3, -0.25) is 0 Å². The summed E-state index contributed by atoms with van der Waals surface area (Å²) in [5.74, 6) is 1.14. The van der Waals surface area contributed by atoms with E-state index in [1.165, 1.54) is 6.92 Å². The molecule has 0 aliphatic rings. The SMILES string of the molecule is CC=O.N#CB(O)O. The Labute approximate surface area is 47.5 Å². The summed E-state index contributed by atoms with van der Waals surface area (Å²) in [6.45, 7) is 1.44. The molecule has 2 N–H and O–H groups in total. The van der Waals surface area contributed by atoms with Crippen LogP contribution in [0.3, 0.4) is 0 Å². The number of hydrogen-bond acceptors (Lipinski definition) is 4. The third-order valence-corrected chi connectivity index (χ3v) is 0.115. The summed E-state index contributed by atoms with van der Waals surface area (Å²) >= 11 is 0. The predicted molar refractivity (Wildman–Crippen MR) is 27.5 cm³/mol. The number of carbonyl (C=O) groups is 1. The molecule has 0 aromatic rings. The fourth-order valence-corrected chi connectivity index (χ4v) is 0. The van der Waals surface area contributed by atoms with Crippen molar-refractivity contribution in [2.24, 2.45) is 0 Å². The van der Waals surface area contributed by atoms with Crippen molar-refractivity contribution in [2.75, 3.05) is 0 Å². The van der Waals surface area contributed by atoms with Gasteiger partial charge in [0.15, 0.2) is 0 Å². The maximum Gasteiger partial charge on any atom is 0.573 e. The zero-order valence-electron chi connectivity index (χ0n) is 4.40. The van der Waals surface area contributed by atoms with Gasteiger partial charge in [-0.05, 0) is 6.92 Å². The number of hydrogen-bond donors (Lipinski definition) is 2. The quantitative estimate of drug-likeness (QED) is 0.304. The summed E-state index contributed by atoms with van der Waals surface area (Å²) < 4.78 is 0. The Kier molecular flexibility index (Phi) is 12.1. The molecular weight excluding hydrogens is 109 g/mol. The van der Waals surface area contributed by atoms with Gasteiger partial charge in [-0.2, -0.15) is 0 Å². The van der Waals surface area contributed by atoms with Crippen molar-refractivity contribution in [3.8, 4) is 5.97 Å². The second-order valence-corrected chi connectivity index (χ2v) is 0.738. The molecule has 8 heavy (non-hydrogen) atoms. The molecule has 0 rings (SSSR count). The summed E-state index contributed by atoms with van der Waals surface area (Å²) in [4.78, 5) is 8.81. The van der Waals surface area contributed by atoms with E-state index in [0.29, 0.717) is 0 Å². The van der Waals surface area contributed by atoms with Gasteiger partial charge in [0.2, 0.25) is 0 Å². The first-order valence-electron chi connectivity index (χ1n) is 1.84. The Balaban J connectivity index is 0. The molecule has 0 spiro atoms. The van der Waals surface area contributed by atoms with Crippen LogP contribution >= 0.6 is 0 Å². The molecule has 0 amide bonds. The van der Waals surface area contributed by atoms with Crippen LogP contribution in [0.15, 0.2) is 0 Å². The van der Waals surface area contributed by atoms with Gasteiger partial charge in [-0.1, -0.05) is 0 Å². The number of nitriles is 1. The Hall–Kier alpha value is -0.855. The summed E-state index contributed by atoms with van der Waals surface area (Å²) in [7, 11) is -1.81. The van der Waals surface area contributed by atoms with E-state index in [1.54, 1.807) is 0 Å². The van der Waals surface area contributed by atoms with Crippen molar-refractivity contribution >= 4 is 13.4 Å². The molecule has 0 heterocycles. The third kappa shape index (κ3) is 67.4. The smallest absolute Gasteiger partial charge is 0.415 e. The van der Waals surface area contributed by atoms with Crippen molar-refractivity contribution < 1.29 is 14.8 Å². The lowest BCUT2D eigenvalue weighted by Crippen LogP contribution is -2.05. The maximum absolute atomic E-state index is 8.81. The molecule has 0 bridgehead atoms. The zero-order valence-corrected chi connectivity index (χ0v) is 4.40. The highest BCUT2D eigenvalue weighted by atomic mass is 16.4. The van der Waals surface area contributed by atoms with E-state index in [4.69, 9.17) is 20.1 Å². The van der Waals surface area contributed by atoms with E-state index < -0.39 is 7.12 Å². The molecule has 0 aromatic heterocycles. The van der Waals surface area contributed by atoms with Crippen molar-refractivity contribution in [3.05, 3.63) is 0 Å². The van der Waals surface area contributed by atoms with E-state index in [0.717, 1.165) is 12.3 Å². The minimum absolute atomic E-state index is 0.750. The highest BCUT2D eigenvalue weighted by Crippen LogP contribution is 1.51. The molecular formula is C3H6BNO3. The van der Waals surface area contributed by atoms with E-state index in [-0.39, 0.29) is 0 Å². The van der Waals surface area contributed by atoms with Crippen LogP contribution in [-0.2, 0) is 4.79 Å². The van der Waals surface area contributed by atoms with E-state index in [2.05, 4.69) is 0 Å². The molecule has 0 saturated heterocycles. The van der Waals surface area contributed by atoms with Gasteiger partial charge in [0.05, 0.1) is 5.97 Å². The van der Waals surface area contributed by atoms with Crippen LogP contribution in [0.25, 0.3) is 0 Å². The monoisotopic (exact) mass is 115 g/mol. The fraction of sp³-hybridized carbons (Fsp3) is 0.333. The third-order valence-electron chi connectivity index (χ3n) is 0.115. The van der Waals surface area contributed by atoms with Gasteiger partial charge in [0.1, 0.15) is 6.29 Å². The largest absolute Gasteiger partial charge is 0.573 e. The molecule has 0 radical (unpaired) electrons. The molecule has 4 nitrogen and oxygen atoms in total. The standard InChI is InChI=1S/C2H4O.CH2BNO2/c1-2-3;3-1-2(4)5/h2H,1H3;4-5H. The van der Waals surface area contributed by atoms with E-state index in [1.807, 2.05) is 0 Å². The molecule has 0 fully saturated rings. The van der Waals surface area contributed by atoms with Crippen LogP contribution in [0.1, 0.15) is 6.92 Å². The predicted octanol–water partition coefficient (Wildman–Crippen LogP) is -1.27. The van der Waals surface area contributed by atoms with Gasteiger partial charge in [0.25, 0.3) is 0 Å². The first-order valence-corrected chi connectivity index (χ1v) is 1.84. The Morgan fingerprint density at radius 2 is 1.88 bits per heavy atom. The second kappa shape index (κ2) is 9.47. The summed E-state index contributed by atoms with van der Waals surface area (Å²) in [5.41, 5.74) is 0. The van der Waals surface area contributed by atoms with Crippen molar-refractivity contribution in [1.82, 2.24) is 0 Å². The Morgan fingerprint density at radius 3 is 1.88 bits per heavy atom. The number of nitrogens with zero attached hydrogens (tertiary/aromatic N) is 1. The highest BCUT2D eigenvalue weighted by molar-refractivity contribution is 6.50. The lowest BCUT2D eigenvalue weighted by Gasteiger charge is -1.67. The van der Waals surface area contributed by atoms with Crippen LogP contribution in [0.5, 0.6) is 0 Å². The zero-order chi connectivity index (χ0) is 6.99. The molecule has 0 unspecified atom stereocenters. The summed E-state index contributed by atoms with van der Waals surface area (Å²) in [6, 6.07) is 0. The molecule has 0 atom stereocenters. The van der Waals surface area contributed by atoms with Gasteiger partial charge in [-0.25, -0.2) is 5.26 Å². The Morgan fingerprint density at radius 1 is 1.75 bits per heavy atom. The lowest BCUT2D eigenvalue weighted by molar-refractivity contribution is -0.106. The topological polar surface area (TPSA) is 81.3 Å². The van der Waals surface area contributed by atoms with E-state index >= 15 is 0 Å². The number of aldehydes is 1. The molecule has 0 aliphatic carbocycles. The maximum atomic E-state index is 8.81. The number of rotatable bonds is 0.